The second-order valence-electron chi connectivity index (χ2n) is 7.35. The fraction of sp³-hybridized carbons (Fsp3) is 0.120. The first-order valence-electron chi connectivity index (χ1n) is 10.2. The lowest BCUT2D eigenvalue weighted by Crippen LogP contribution is -2.20. The van der Waals surface area contributed by atoms with Crippen LogP contribution in [0.2, 0.25) is 0 Å². The van der Waals surface area contributed by atoms with Crippen LogP contribution in [0.15, 0.2) is 83.3 Å². The first kappa shape index (κ1) is 22.0. The van der Waals surface area contributed by atoms with Crippen molar-refractivity contribution in [2.45, 2.75) is 20.4 Å². The Balaban J connectivity index is 1.45. The van der Waals surface area contributed by atoms with Gasteiger partial charge in [-0.2, -0.15) is 5.10 Å². The third kappa shape index (κ3) is 5.55. The lowest BCUT2D eigenvalue weighted by molar-refractivity contribution is 0.481. The van der Waals surface area contributed by atoms with Crippen LogP contribution in [-0.4, -0.2) is 14.9 Å². The van der Waals surface area contributed by atoms with Gasteiger partial charge in [-0.3, -0.25) is 4.68 Å². The molecule has 0 amide bonds. The smallest absolute Gasteiger partial charge is 0.175 e. The number of halogens is 1. The highest BCUT2D eigenvalue weighted by atomic mass is 79.9. The van der Waals surface area contributed by atoms with Gasteiger partial charge in [-0.15, -0.1) is 0 Å². The third-order valence-corrected chi connectivity index (χ3v) is 5.66. The quantitative estimate of drug-likeness (QED) is 0.278. The Kier molecular flexibility index (Phi) is 6.87. The number of nitrogens with one attached hydrogen (secondary N) is 2. The van der Waals surface area contributed by atoms with Crippen LogP contribution < -0.4 is 15.4 Å². The zero-order valence-electron chi connectivity index (χ0n) is 17.8. The molecule has 4 aromatic rings. The van der Waals surface area contributed by atoms with Gasteiger partial charge >= 0.3 is 0 Å². The minimum atomic E-state index is 0.524. The summed E-state index contributed by atoms with van der Waals surface area (Å²) in [4.78, 5) is 0. The number of aryl methyl sites for hydroxylation is 1. The Bertz CT molecular complexity index is 1220. The van der Waals surface area contributed by atoms with Gasteiger partial charge in [0.15, 0.2) is 5.11 Å². The molecule has 0 saturated carbocycles. The molecule has 0 bridgehead atoms. The maximum absolute atomic E-state index is 5.96. The first-order chi connectivity index (χ1) is 15.5. The second-order valence-corrected chi connectivity index (χ2v) is 8.68. The Morgan fingerprint density at radius 1 is 0.938 bits per heavy atom. The van der Waals surface area contributed by atoms with E-state index in [9.17, 15) is 0 Å². The largest absolute Gasteiger partial charge is 0.457 e. The van der Waals surface area contributed by atoms with E-state index in [2.05, 4.69) is 32.6 Å². The summed E-state index contributed by atoms with van der Waals surface area (Å²) in [6, 6.07) is 25.7. The molecule has 0 aliphatic carbocycles. The summed E-state index contributed by atoms with van der Waals surface area (Å²) in [5, 5.41) is 11.7. The van der Waals surface area contributed by atoms with E-state index in [1.807, 2.05) is 91.3 Å². The molecule has 0 spiro atoms. The first-order valence-corrected chi connectivity index (χ1v) is 11.4. The molecule has 0 saturated heterocycles. The summed E-state index contributed by atoms with van der Waals surface area (Å²) in [6.45, 7) is 4.64. The number of hydrogen-bond acceptors (Lipinski definition) is 3. The molecule has 0 unspecified atom stereocenters. The molecular weight excluding hydrogens is 484 g/mol. The van der Waals surface area contributed by atoms with Crippen LogP contribution in [0.1, 0.15) is 17.0 Å². The van der Waals surface area contributed by atoms with Crippen molar-refractivity contribution < 1.29 is 4.74 Å². The van der Waals surface area contributed by atoms with Crippen molar-refractivity contribution in [3.05, 3.63) is 100 Å². The summed E-state index contributed by atoms with van der Waals surface area (Å²) < 4.78 is 8.96. The second kappa shape index (κ2) is 9.97. The number of aromatic nitrogens is 2. The van der Waals surface area contributed by atoms with Gasteiger partial charge < -0.3 is 15.4 Å². The molecule has 7 heteroatoms. The minimum absolute atomic E-state index is 0.524. The van der Waals surface area contributed by atoms with Crippen LogP contribution in [0.4, 0.5) is 11.4 Å². The van der Waals surface area contributed by atoms with Crippen molar-refractivity contribution in [1.29, 1.82) is 0 Å². The van der Waals surface area contributed by atoms with Crippen molar-refractivity contribution in [2.75, 3.05) is 10.6 Å². The van der Waals surface area contributed by atoms with E-state index in [1.54, 1.807) is 0 Å². The highest BCUT2D eigenvalue weighted by Gasteiger charge is 2.13. The van der Waals surface area contributed by atoms with Crippen LogP contribution in [0, 0.1) is 13.8 Å². The third-order valence-electron chi connectivity index (χ3n) is 4.93. The number of hydrogen-bond donors (Lipinski definition) is 2. The summed E-state index contributed by atoms with van der Waals surface area (Å²) >= 11 is 8.94. The Morgan fingerprint density at radius 3 is 2.41 bits per heavy atom. The molecule has 3 aromatic carbocycles. The lowest BCUT2D eigenvalue weighted by atomic mass is 10.2. The van der Waals surface area contributed by atoms with E-state index in [-0.39, 0.29) is 0 Å². The molecule has 1 aromatic heterocycles. The Morgan fingerprint density at radius 2 is 1.66 bits per heavy atom. The lowest BCUT2D eigenvalue weighted by Gasteiger charge is -2.12. The molecule has 0 aliphatic rings. The van der Waals surface area contributed by atoms with Crippen molar-refractivity contribution in [3.63, 3.8) is 0 Å². The highest BCUT2D eigenvalue weighted by molar-refractivity contribution is 9.10. The summed E-state index contributed by atoms with van der Waals surface area (Å²) in [6.07, 6.45) is 0. The number of para-hydroxylation sites is 1. The van der Waals surface area contributed by atoms with Crippen molar-refractivity contribution in [2.24, 2.45) is 0 Å². The van der Waals surface area contributed by atoms with Gasteiger partial charge in [-0.25, -0.2) is 0 Å². The molecule has 1 heterocycles. The van der Waals surface area contributed by atoms with Crippen LogP contribution in [0.25, 0.3) is 0 Å². The van der Waals surface area contributed by atoms with Gasteiger partial charge in [-0.1, -0.05) is 46.3 Å². The number of ether oxygens (including phenoxy) is 1. The average molecular weight is 507 g/mol. The predicted octanol–water partition coefficient (Wildman–Crippen LogP) is 6.91. The van der Waals surface area contributed by atoms with Crippen molar-refractivity contribution in [3.8, 4) is 11.5 Å². The maximum Gasteiger partial charge on any atom is 0.175 e. The monoisotopic (exact) mass is 506 g/mol. The summed E-state index contributed by atoms with van der Waals surface area (Å²) in [5.74, 6) is 1.61. The van der Waals surface area contributed by atoms with Crippen molar-refractivity contribution >= 4 is 44.6 Å². The molecule has 0 fully saturated rings. The van der Waals surface area contributed by atoms with E-state index in [1.165, 1.54) is 0 Å². The fourth-order valence-corrected chi connectivity index (χ4v) is 3.83. The van der Waals surface area contributed by atoms with Gasteiger partial charge in [0.05, 0.1) is 23.6 Å². The summed E-state index contributed by atoms with van der Waals surface area (Å²) in [5.41, 5.74) is 4.84. The average Bonchev–Trinajstić information content (AvgIpc) is 3.03. The number of thiocarbonyl (C=S) groups is 1. The van der Waals surface area contributed by atoms with E-state index in [0.717, 1.165) is 44.3 Å². The predicted molar refractivity (Wildman–Crippen MR) is 138 cm³/mol. The van der Waals surface area contributed by atoms with Gasteiger partial charge in [0.2, 0.25) is 0 Å². The molecule has 0 aliphatic heterocycles. The van der Waals surface area contributed by atoms with E-state index in [0.29, 0.717) is 11.7 Å². The molecule has 4 rings (SSSR count). The fourth-order valence-electron chi connectivity index (χ4n) is 3.35. The van der Waals surface area contributed by atoms with Gasteiger partial charge in [0, 0.05) is 10.2 Å². The number of anilines is 2. The molecule has 0 radical (unpaired) electrons. The van der Waals surface area contributed by atoms with E-state index in [4.69, 9.17) is 22.1 Å². The normalized spacial score (nSPS) is 10.6. The van der Waals surface area contributed by atoms with E-state index >= 15 is 0 Å². The molecule has 5 nitrogen and oxygen atoms in total. The highest BCUT2D eigenvalue weighted by Crippen LogP contribution is 2.24. The zero-order chi connectivity index (χ0) is 22.5. The standard InChI is InChI=1S/C25H23BrN4OS/c1-17-24(28-25(32)27-21-13-11-20(26)12-14-21)18(2)30(29-17)16-19-7-6-10-23(15-19)31-22-8-4-3-5-9-22/h3-15H,16H2,1-2H3,(H2,27,28,32). The zero-order valence-corrected chi connectivity index (χ0v) is 20.2. The molecule has 32 heavy (non-hydrogen) atoms. The maximum atomic E-state index is 5.96. The molecular formula is C25H23BrN4OS. The van der Waals surface area contributed by atoms with Gasteiger partial charge in [0.1, 0.15) is 11.5 Å². The van der Waals surface area contributed by atoms with Crippen LogP contribution in [0.5, 0.6) is 11.5 Å². The van der Waals surface area contributed by atoms with Gasteiger partial charge in [-0.05, 0) is 80.2 Å². The Labute approximate surface area is 201 Å². The van der Waals surface area contributed by atoms with Crippen molar-refractivity contribution in [1.82, 2.24) is 9.78 Å². The molecule has 2 N–H and O–H groups in total. The SMILES string of the molecule is Cc1nn(Cc2cccc(Oc3ccccc3)c2)c(C)c1NC(=S)Nc1ccc(Br)cc1. The number of nitrogens with zero attached hydrogens (tertiary/aromatic N) is 2. The van der Waals surface area contributed by atoms with Crippen LogP contribution >= 0.6 is 28.1 Å². The number of rotatable bonds is 6. The van der Waals surface area contributed by atoms with Crippen LogP contribution in [-0.2, 0) is 6.54 Å². The minimum Gasteiger partial charge on any atom is -0.457 e. The number of benzene rings is 3. The van der Waals surface area contributed by atoms with Crippen LogP contribution in [0.3, 0.4) is 0 Å². The topological polar surface area (TPSA) is 51.1 Å². The molecule has 162 valence electrons. The van der Waals surface area contributed by atoms with E-state index < -0.39 is 0 Å². The summed E-state index contributed by atoms with van der Waals surface area (Å²) in [7, 11) is 0. The molecule has 0 atom stereocenters. The van der Waals surface area contributed by atoms with Gasteiger partial charge in [0.25, 0.3) is 0 Å². The Hall–Kier alpha value is -3.16.